The van der Waals surface area contributed by atoms with Gasteiger partial charge in [-0.25, -0.2) is 0 Å². The monoisotopic (exact) mass is 296 g/mol. The second kappa shape index (κ2) is 6.51. The van der Waals surface area contributed by atoms with Crippen LogP contribution in [0.25, 0.3) is 10.8 Å². The zero-order valence-electron chi connectivity index (χ0n) is 13.5. The molecule has 2 heteroatoms. The van der Waals surface area contributed by atoms with Gasteiger partial charge in [0.05, 0.1) is 0 Å². The molecule has 1 fully saturated rings. The Kier molecular flexibility index (Phi) is 4.47. The van der Waals surface area contributed by atoms with Crippen molar-refractivity contribution in [3.05, 3.63) is 42.0 Å². The molecule has 2 nitrogen and oxygen atoms in total. The van der Waals surface area contributed by atoms with Gasteiger partial charge >= 0.3 is 5.97 Å². The van der Waals surface area contributed by atoms with Crippen molar-refractivity contribution in [1.29, 1.82) is 0 Å². The summed E-state index contributed by atoms with van der Waals surface area (Å²) in [5, 5.41) is 2.36. The fourth-order valence-electron chi connectivity index (χ4n) is 3.36. The summed E-state index contributed by atoms with van der Waals surface area (Å²) in [6.45, 7) is 4.16. The van der Waals surface area contributed by atoms with Gasteiger partial charge in [0.2, 0.25) is 0 Å². The molecule has 1 aliphatic rings. The predicted octanol–water partition coefficient (Wildman–Crippen LogP) is 5.45. The second-order valence-corrected chi connectivity index (χ2v) is 6.55. The van der Waals surface area contributed by atoms with E-state index < -0.39 is 0 Å². The van der Waals surface area contributed by atoms with Gasteiger partial charge in [0.25, 0.3) is 0 Å². The number of benzene rings is 2. The van der Waals surface area contributed by atoms with Crippen LogP contribution >= 0.6 is 0 Å². The molecule has 0 radical (unpaired) electrons. The fourth-order valence-corrected chi connectivity index (χ4v) is 3.36. The first kappa shape index (κ1) is 15.1. The van der Waals surface area contributed by atoms with Gasteiger partial charge in [0.1, 0.15) is 5.75 Å². The zero-order chi connectivity index (χ0) is 15.5. The summed E-state index contributed by atoms with van der Waals surface area (Å²) >= 11 is 0. The summed E-state index contributed by atoms with van der Waals surface area (Å²) in [4.78, 5) is 11.4. The van der Waals surface area contributed by atoms with Crippen molar-refractivity contribution in [3.63, 3.8) is 0 Å². The molecule has 0 bridgehead atoms. The maximum Gasteiger partial charge on any atom is 0.310 e. The highest BCUT2D eigenvalue weighted by molar-refractivity contribution is 5.85. The highest BCUT2D eigenvalue weighted by Gasteiger charge is 2.19. The Bertz CT molecular complexity index is 666. The molecule has 0 spiro atoms. The van der Waals surface area contributed by atoms with Crippen molar-refractivity contribution in [1.82, 2.24) is 0 Å². The summed E-state index contributed by atoms with van der Waals surface area (Å²) in [6.07, 6.45) is 5.69. The van der Waals surface area contributed by atoms with Gasteiger partial charge < -0.3 is 4.74 Å². The summed E-state index contributed by atoms with van der Waals surface area (Å²) in [5.74, 6) is 2.04. The van der Waals surface area contributed by atoms with Crippen molar-refractivity contribution in [2.45, 2.75) is 51.9 Å². The normalized spacial score (nSPS) is 21.7. The maximum atomic E-state index is 11.4. The molecule has 2 aromatic carbocycles. The molecule has 116 valence electrons. The van der Waals surface area contributed by atoms with Crippen LogP contribution in [-0.2, 0) is 4.79 Å². The van der Waals surface area contributed by atoms with E-state index >= 15 is 0 Å². The Hall–Kier alpha value is -1.83. The molecule has 0 atom stereocenters. The van der Waals surface area contributed by atoms with E-state index in [0.717, 1.165) is 11.3 Å². The number of ether oxygens (including phenoxy) is 1. The highest BCUT2D eigenvalue weighted by Crippen LogP contribution is 2.36. The van der Waals surface area contributed by atoms with E-state index in [0.29, 0.717) is 18.1 Å². The summed E-state index contributed by atoms with van der Waals surface area (Å²) in [7, 11) is 0. The van der Waals surface area contributed by atoms with E-state index in [1.165, 1.54) is 36.6 Å². The van der Waals surface area contributed by atoms with Crippen molar-refractivity contribution < 1.29 is 9.53 Å². The van der Waals surface area contributed by atoms with Crippen LogP contribution in [0.4, 0.5) is 0 Å². The molecule has 0 N–H and O–H groups in total. The van der Waals surface area contributed by atoms with Gasteiger partial charge in [-0.2, -0.15) is 0 Å². The fraction of sp³-hybridized carbons (Fsp3) is 0.450. The lowest BCUT2D eigenvalue weighted by atomic mass is 9.79. The average Bonchev–Trinajstić information content (AvgIpc) is 2.55. The molecule has 0 unspecified atom stereocenters. The van der Waals surface area contributed by atoms with E-state index in [2.05, 4.69) is 31.2 Å². The minimum atomic E-state index is -0.188. The molecule has 1 aliphatic carbocycles. The van der Waals surface area contributed by atoms with Crippen LogP contribution in [-0.4, -0.2) is 5.97 Å². The first-order valence-electron chi connectivity index (χ1n) is 8.40. The van der Waals surface area contributed by atoms with Crippen molar-refractivity contribution in [2.24, 2.45) is 5.92 Å². The first-order valence-corrected chi connectivity index (χ1v) is 8.40. The number of rotatable bonds is 3. The third-order valence-corrected chi connectivity index (χ3v) is 4.84. The number of hydrogen-bond acceptors (Lipinski definition) is 2. The standard InChI is InChI=1S/C20H24O2/c1-3-20(21)22-19-11-10-17-12-16(8-9-18(17)13-19)15-6-4-14(2)5-7-15/h8-15H,3-7H2,1-2H3/t14-,15-. The second-order valence-electron chi connectivity index (χ2n) is 6.55. The van der Waals surface area contributed by atoms with E-state index in [1.807, 2.05) is 12.1 Å². The minimum absolute atomic E-state index is 0.188. The molecule has 22 heavy (non-hydrogen) atoms. The molecule has 1 saturated carbocycles. The first-order chi connectivity index (χ1) is 10.7. The highest BCUT2D eigenvalue weighted by atomic mass is 16.5. The van der Waals surface area contributed by atoms with Gasteiger partial charge in [-0.1, -0.05) is 51.0 Å². The van der Waals surface area contributed by atoms with E-state index in [9.17, 15) is 4.79 Å². The number of carbonyl (C=O) groups excluding carboxylic acids is 1. The number of fused-ring (bicyclic) bond motifs is 1. The van der Waals surface area contributed by atoms with Crippen molar-refractivity contribution in [2.75, 3.05) is 0 Å². The van der Waals surface area contributed by atoms with Gasteiger partial charge in [0.15, 0.2) is 0 Å². The summed E-state index contributed by atoms with van der Waals surface area (Å²) < 4.78 is 5.29. The van der Waals surface area contributed by atoms with Crippen LogP contribution in [0, 0.1) is 5.92 Å². The molecule has 0 saturated heterocycles. The smallest absolute Gasteiger partial charge is 0.310 e. The molecule has 3 rings (SSSR count). The van der Waals surface area contributed by atoms with Crippen LogP contribution in [0.1, 0.15) is 57.4 Å². The molecule has 0 amide bonds. The Morgan fingerprint density at radius 1 is 1.05 bits per heavy atom. The van der Waals surface area contributed by atoms with Gasteiger partial charge in [-0.15, -0.1) is 0 Å². The zero-order valence-corrected chi connectivity index (χ0v) is 13.5. The molecule has 0 aromatic heterocycles. The molecular weight excluding hydrogens is 272 g/mol. The lowest BCUT2D eigenvalue weighted by Crippen LogP contribution is -2.10. The Balaban J connectivity index is 1.81. The Morgan fingerprint density at radius 3 is 2.45 bits per heavy atom. The lowest BCUT2D eigenvalue weighted by Gasteiger charge is -2.26. The molecule has 2 aromatic rings. The summed E-state index contributed by atoms with van der Waals surface area (Å²) in [6, 6.07) is 12.6. The van der Waals surface area contributed by atoms with Crippen molar-refractivity contribution in [3.8, 4) is 5.75 Å². The molecule has 0 aliphatic heterocycles. The van der Waals surface area contributed by atoms with Gasteiger partial charge in [-0.05, 0) is 53.1 Å². The topological polar surface area (TPSA) is 26.3 Å². The van der Waals surface area contributed by atoms with E-state index in [-0.39, 0.29) is 5.97 Å². The van der Waals surface area contributed by atoms with Crippen LogP contribution in [0.15, 0.2) is 36.4 Å². The lowest BCUT2D eigenvalue weighted by molar-refractivity contribution is -0.134. The third kappa shape index (κ3) is 3.32. The SMILES string of the molecule is CCC(=O)Oc1ccc2cc([C@H]3CC[C@H](C)CC3)ccc2c1. The van der Waals surface area contributed by atoms with Gasteiger partial charge in [0, 0.05) is 6.42 Å². The van der Waals surface area contributed by atoms with Gasteiger partial charge in [-0.3, -0.25) is 4.79 Å². The van der Waals surface area contributed by atoms with Crippen LogP contribution in [0.3, 0.4) is 0 Å². The van der Waals surface area contributed by atoms with E-state index in [4.69, 9.17) is 4.74 Å². The number of carbonyl (C=O) groups is 1. The molecule has 0 heterocycles. The predicted molar refractivity (Wildman–Crippen MR) is 90.2 cm³/mol. The van der Waals surface area contributed by atoms with Crippen LogP contribution in [0.5, 0.6) is 5.75 Å². The van der Waals surface area contributed by atoms with Crippen LogP contribution in [0.2, 0.25) is 0 Å². The van der Waals surface area contributed by atoms with E-state index in [1.54, 1.807) is 6.92 Å². The van der Waals surface area contributed by atoms with Crippen molar-refractivity contribution >= 4 is 16.7 Å². The third-order valence-electron chi connectivity index (χ3n) is 4.84. The maximum absolute atomic E-state index is 11.4. The Labute approximate surface area is 132 Å². The number of hydrogen-bond donors (Lipinski definition) is 0. The average molecular weight is 296 g/mol. The minimum Gasteiger partial charge on any atom is -0.427 e. The van der Waals surface area contributed by atoms with Crippen LogP contribution < -0.4 is 4.74 Å². The number of esters is 1. The largest absolute Gasteiger partial charge is 0.427 e. The summed E-state index contributed by atoms with van der Waals surface area (Å²) in [5.41, 5.74) is 1.46. The quantitative estimate of drug-likeness (QED) is 0.556. The molecular formula is C20H24O2. The Morgan fingerprint density at radius 2 is 1.73 bits per heavy atom.